The maximum absolute atomic E-state index is 12.5. The Morgan fingerprint density at radius 2 is 2.12 bits per heavy atom. The number of rotatable bonds is 5. The summed E-state index contributed by atoms with van der Waals surface area (Å²) < 4.78 is 54.0. The van der Waals surface area contributed by atoms with Crippen LogP contribution in [-0.2, 0) is 10.0 Å². The van der Waals surface area contributed by atoms with E-state index in [9.17, 15) is 22.0 Å². The van der Waals surface area contributed by atoms with Crippen molar-refractivity contribution in [3.8, 4) is 5.75 Å². The topological polar surface area (TPSA) is 124 Å². The van der Waals surface area contributed by atoms with Gasteiger partial charge < -0.3 is 4.74 Å². The fraction of sp³-hybridized carbons (Fsp3) is 0.273. The van der Waals surface area contributed by atoms with Gasteiger partial charge in [-0.1, -0.05) is 11.6 Å². The van der Waals surface area contributed by atoms with Gasteiger partial charge in [0.25, 0.3) is 5.91 Å². The molecular formula is C11H13ClF2N6O4S. The minimum Gasteiger partial charge on any atom is -0.433 e. The van der Waals surface area contributed by atoms with Crippen molar-refractivity contribution in [2.24, 2.45) is 5.10 Å². The monoisotopic (exact) mass is 398 g/mol. The lowest BCUT2D eigenvalue weighted by atomic mass is 10.1. The van der Waals surface area contributed by atoms with Crippen LogP contribution in [0.25, 0.3) is 0 Å². The van der Waals surface area contributed by atoms with Gasteiger partial charge in [-0.2, -0.15) is 8.78 Å². The number of hydrazine groups is 2. The van der Waals surface area contributed by atoms with Crippen LogP contribution in [0.2, 0.25) is 5.02 Å². The molecule has 1 aromatic rings. The van der Waals surface area contributed by atoms with Crippen LogP contribution in [0.1, 0.15) is 10.4 Å². The molecule has 25 heavy (non-hydrogen) atoms. The molecule has 4 N–H and O–H groups in total. The number of nitrogens with one attached hydrogen (secondary N) is 4. The first kappa shape index (κ1) is 19.0. The maximum atomic E-state index is 12.5. The Morgan fingerprint density at radius 1 is 1.44 bits per heavy atom. The second kappa shape index (κ2) is 7.25. The van der Waals surface area contributed by atoms with E-state index in [-0.39, 0.29) is 11.5 Å². The highest BCUT2D eigenvalue weighted by Crippen LogP contribution is 2.36. The van der Waals surface area contributed by atoms with Crippen LogP contribution < -0.4 is 25.8 Å². The smallest absolute Gasteiger partial charge is 0.387 e. The zero-order valence-electron chi connectivity index (χ0n) is 12.8. The van der Waals surface area contributed by atoms with Crippen LogP contribution in [0, 0.1) is 0 Å². The Kier molecular flexibility index (Phi) is 5.49. The highest BCUT2D eigenvalue weighted by atomic mass is 35.5. The molecule has 0 spiro atoms. The number of alkyl halides is 2. The summed E-state index contributed by atoms with van der Waals surface area (Å²) in [6.45, 7) is -3.21. The molecule has 0 unspecified atom stereocenters. The first-order valence-electron chi connectivity index (χ1n) is 6.47. The minimum atomic E-state index is -3.87. The van der Waals surface area contributed by atoms with E-state index in [1.54, 1.807) is 7.05 Å². The number of hydrogen-bond acceptors (Lipinski definition) is 8. The highest BCUT2D eigenvalue weighted by molar-refractivity contribution is 7.92. The molecule has 0 radical (unpaired) electrons. The third-order valence-electron chi connectivity index (χ3n) is 2.77. The number of hydrogen-bond donors (Lipinski definition) is 4. The Hall–Kier alpha value is -2.38. The zero-order chi connectivity index (χ0) is 18.8. The molecule has 10 nitrogen and oxygen atoms in total. The Labute approximate surface area is 146 Å². The molecule has 1 aliphatic rings. The van der Waals surface area contributed by atoms with Crippen molar-refractivity contribution in [2.75, 3.05) is 18.0 Å². The first-order chi connectivity index (χ1) is 11.6. The molecule has 1 heterocycles. The molecule has 138 valence electrons. The highest BCUT2D eigenvalue weighted by Gasteiger charge is 2.24. The molecule has 0 saturated heterocycles. The molecular weight excluding hydrogens is 386 g/mol. The molecule has 1 aliphatic heterocycles. The second-order valence-corrected chi connectivity index (χ2v) is 6.85. The van der Waals surface area contributed by atoms with E-state index in [4.69, 9.17) is 11.6 Å². The summed E-state index contributed by atoms with van der Waals surface area (Å²) in [4.78, 5) is 12.3. The standard InChI is InChI=1S/C11H13ClF2N6O4S/c1-20-11(16-18-19-20)15-9(21)5-3-4-6(24-10(13)14)8(7(5)12)17-25(2,22)23/h3-4,10,17-19H,1-2H3,(H,15,16,21). The van der Waals surface area contributed by atoms with E-state index in [0.717, 1.165) is 18.4 Å². The van der Waals surface area contributed by atoms with E-state index >= 15 is 0 Å². The van der Waals surface area contributed by atoms with Crippen molar-refractivity contribution in [2.45, 2.75) is 6.61 Å². The van der Waals surface area contributed by atoms with Gasteiger partial charge in [-0.25, -0.2) is 14.0 Å². The molecule has 0 fully saturated rings. The zero-order valence-corrected chi connectivity index (χ0v) is 14.4. The number of hydrazone groups is 1. The average Bonchev–Trinajstić information content (AvgIpc) is 2.86. The SMILES string of the molecule is CN1NNN=C1NC(=O)c1ccc(OC(F)F)c(NS(C)(=O)=O)c1Cl. The molecule has 2 rings (SSSR count). The molecule has 0 saturated carbocycles. The normalized spacial score (nSPS) is 14.2. The van der Waals surface area contributed by atoms with E-state index in [1.165, 1.54) is 5.01 Å². The second-order valence-electron chi connectivity index (χ2n) is 4.73. The van der Waals surface area contributed by atoms with Crippen LogP contribution in [0.5, 0.6) is 5.75 Å². The molecule has 1 amide bonds. The predicted molar refractivity (Wildman–Crippen MR) is 85.5 cm³/mol. The molecule has 0 atom stereocenters. The quantitative estimate of drug-likeness (QED) is 0.561. The molecule has 0 aliphatic carbocycles. The van der Waals surface area contributed by atoms with Crippen LogP contribution in [0.15, 0.2) is 17.2 Å². The number of sulfonamides is 1. The number of carbonyl (C=O) groups is 1. The van der Waals surface area contributed by atoms with E-state index in [2.05, 4.69) is 26.2 Å². The number of amides is 1. The maximum Gasteiger partial charge on any atom is 0.387 e. The lowest BCUT2D eigenvalue weighted by Crippen LogP contribution is -2.45. The molecule has 0 aromatic heterocycles. The van der Waals surface area contributed by atoms with Crippen LogP contribution in [0.4, 0.5) is 14.5 Å². The summed E-state index contributed by atoms with van der Waals surface area (Å²) in [5, 5.41) is 7.05. The van der Waals surface area contributed by atoms with Crippen LogP contribution in [0.3, 0.4) is 0 Å². The fourth-order valence-electron chi connectivity index (χ4n) is 1.77. The van der Waals surface area contributed by atoms with Crippen molar-refractivity contribution in [3.63, 3.8) is 0 Å². The first-order valence-corrected chi connectivity index (χ1v) is 8.74. The molecule has 0 bridgehead atoms. The number of nitrogens with zero attached hydrogens (tertiary/aromatic N) is 2. The Morgan fingerprint density at radius 3 is 2.64 bits per heavy atom. The van der Waals surface area contributed by atoms with Gasteiger partial charge >= 0.3 is 6.61 Å². The van der Waals surface area contributed by atoms with Gasteiger partial charge in [0.1, 0.15) is 5.69 Å². The third kappa shape index (κ3) is 4.80. The number of ether oxygens (including phenoxy) is 1. The lowest BCUT2D eigenvalue weighted by molar-refractivity contribution is -0.0493. The van der Waals surface area contributed by atoms with E-state index < -0.39 is 39.0 Å². The van der Waals surface area contributed by atoms with Crippen LogP contribution >= 0.6 is 11.6 Å². The summed E-state index contributed by atoms with van der Waals surface area (Å²) in [5.74, 6) is -1.17. The van der Waals surface area contributed by atoms with Crippen molar-refractivity contribution in [3.05, 3.63) is 22.7 Å². The van der Waals surface area contributed by atoms with Gasteiger partial charge in [-0.15, -0.1) is 10.6 Å². The largest absolute Gasteiger partial charge is 0.433 e. The molecule has 14 heteroatoms. The Bertz CT molecular complexity index is 819. The summed E-state index contributed by atoms with van der Waals surface area (Å²) in [6.07, 6.45) is 0.793. The molecule has 1 aromatic carbocycles. The average molecular weight is 399 g/mol. The Balaban J connectivity index is 2.38. The number of anilines is 1. The van der Waals surface area contributed by atoms with Gasteiger partial charge in [0.15, 0.2) is 5.75 Å². The predicted octanol–water partition coefficient (Wildman–Crippen LogP) is 0.268. The van der Waals surface area contributed by atoms with Crippen LogP contribution in [-0.4, -0.2) is 45.2 Å². The number of carbonyl (C=O) groups excluding carboxylic acids is 1. The van der Waals surface area contributed by atoms with Gasteiger partial charge in [0, 0.05) is 7.05 Å². The number of guanidine groups is 1. The lowest BCUT2D eigenvalue weighted by Gasteiger charge is -2.17. The summed E-state index contributed by atoms with van der Waals surface area (Å²) in [5.41, 5.74) is 4.28. The summed E-state index contributed by atoms with van der Waals surface area (Å²) >= 11 is 6.02. The third-order valence-corrected chi connectivity index (χ3v) is 3.74. The summed E-state index contributed by atoms with van der Waals surface area (Å²) in [6, 6.07) is 2.11. The van der Waals surface area contributed by atoms with Crippen molar-refractivity contribution < 1.29 is 26.7 Å². The minimum absolute atomic E-state index is 0.103. The van der Waals surface area contributed by atoms with Gasteiger partial charge in [0.2, 0.25) is 16.0 Å². The van der Waals surface area contributed by atoms with Crippen molar-refractivity contribution >= 4 is 39.2 Å². The van der Waals surface area contributed by atoms with Crippen molar-refractivity contribution in [1.82, 2.24) is 21.4 Å². The summed E-state index contributed by atoms with van der Waals surface area (Å²) in [7, 11) is -2.32. The van der Waals surface area contributed by atoms with E-state index in [1.807, 2.05) is 4.72 Å². The number of halogens is 3. The fourth-order valence-corrected chi connectivity index (χ4v) is 2.69. The number of benzene rings is 1. The van der Waals surface area contributed by atoms with Gasteiger partial charge in [-0.3, -0.25) is 19.8 Å². The van der Waals surface area contributed by atoms with E-state index in [0.29, 0.717) is 0 Å². The van der Waals surface area contributed by atoms with Gasteiger partial charge in [0.05, 0.1) is 16.8 Å². The van der Waals surface area contributed by atoms with Gasteiger partial charge in [-0.05, 0) is 12.1 Å². The van der Waals surface area contributed by atoms with Crippen molar-refractivity contribution in [1.29, 1.82) is 0 Å².